The maximum Gasteiger partial charge on any atom is 0.298 e. The summed E-state index contributed by atoms with van der Waals surface area (Å²) in [6.07, 6.45) is 1.78. The van der Waals surface area contributed by atoms with Gasteiger partial charge >= 0.3 is 0 Å². The number of benzene rings is 2. The van der Waals surface area contributed by atoms with Crippen molar-refractivity contribution in [2.75, 3.05) is 19.0 Å². The highest BCUT2D eigenvalue weighted by molar-refractivity contribution is 6.47. The molecule has 0 bridgehead atoms. The number of hydrogen-bond acceptors (Lipinski definition) is 4. The molecule has 0 spiro atoms. The Hall–Kier alpha value is -4.06. The summed E-state index contributed by atoms with van der Waals surface area (Å²) < 4.78 is 12.6. The lowest BCUT2D eigenvalue weighted by molar-refractivity contribution is -0.112. The first kappa shape index (κ1) is 21.2. The smallest absolute Gasteiger partial charge is 0.298 e. The van der Waals surface area contributed by atoms with Gasteiger partial charge in [0.25, 0.3) is 11.7 Å². The van der Waals surface area contributed by atoms with Gasteiger partial charge in [-0.15, -0.1) is 0 Å². The summed E-state index contributed by atoms with van der Waals surface area (Å²) in [6.45, 7) is 4.40. The van der Waals surface area contributed by atoms with Crippen LogP contribution in [0.15, 0.2) is 72.9 Å². The minimum Gasteiger partial charge on any atom is -0.495 e. The van der Waals surface area contributed by atoms with Crippen LogP contribution in [0.25, 0.3) is 16.6 Å². The standard InChI is InChI=1S/C26H24N2O4/c1-4-32-20-11-9-18(10-12-20)21-16-19-7-5-6-14-28(19)24(21)25(29)26(30)27-22-15-17(2)8-13-23(22)31-3/h5-16H,4H2,1-3H3,(H,27,30). The minimum atomic E-state index is -0.732. The van der Waals surface area contributed by atoms with Gasteiger partial charge in [0.15, 0.2) is 0 Å². The molecule has 1 amide bonds. The zero-order valence-electron chi connectivity index (χ0n) is 18.2. The Bertz CT molecular complexity index is 1290. The molecule has 162 valence electrons. The lowest BCUT2D eigenvalue weighted by Crippen LogP contribution is -2.25. The summed E-state index contributed by atoms with van der Waals surface area (Å²) in [5.74, 6) is -0.130. The number of aryl methyl sites for hydroxylation is 1. The van der Waals surface area contributed by atoms with Crippen LogP contribution in [0.4, 0.5) is 5.69 Å². The van der Waals surface area contributed by atoms with Crippen molar-refractivity contribution < 1.29 is 19.1 Å². The van der Waals surface area contributed by atoms with E-state index in [2.05, 4.69) is 5.32 Å². The lowest BCUT2D eigenvalue weighted by Gasteiger charge is -2.11. The second-order valence-electron chi connectivity index (χ2n) is 7.35. The van der Waals surface area contributed by atoms with Gasteiger partial charge in [-0.2, -0.15) is 0 Å². The molecule has 1 N–H and O–H groups in total. The molecule has 0 aliphatic rings. The van der Waals surface area contributed by atoms with Crippen molar-refractivity contribution in [2.45, 2.75) is 13.8 Å². The number of ketones is 1. The third kappa shape index (κ3) is 4.07. The van der Waals surface area contributed by atoms with Gasteiger partial charge in [0.05, 0.1) is 19.4 Å². The fourth-order valence-electron chi connectivity index (χ4n) is 3.68. The van der Waals surface area contributed by atoms with E-state index in [1.165, 1.54) is 7.11 Å². The first-order valence-corrected chi connectivity index (χ1v) is 10.4. The maximum absolute atomic E-state index is 13.4. The van der Waals surface area contributed by atoms with E-state index in [0.717, 1.165) is 22.4 Å². The quantitative estimate of drug-likeness (QED) is 0.327. The molecule has 4 aromatic rings. The van der Waals surface area contributed by atoms with Gasteiger partial charge in [-0.3, -0.25) is 9.59 Å². The number of methoxy groups -OCH3 is 1. The highest BCUT2D eigenvalue weighted by Gasteiger charge is 2.25. The summed E-state index contributed by atoms with van der Waals surface area (Å²) in [4.78, 5) is 26.4. The Balaban J connectivity index is 1.74. The van der Waals surface area contributed by atoms with Crippen LogP contribution >= 0.6 is 0 Å². The Kier molecular flexibility index (Phi) is 5.94. The van der Waals surface area contributed by atoms with Crippen LogP contribution in [0, 0.1) is 6.92 Å². The fourth-order valence-corrected chi connectivity index (χ4v) is 3.68. The second-order valence-corrected chi connectivity index (χ2v) is 7.35. The number of anilines is 1. The molecule has 0 aliphatic heterocycles. The molecule has 32 heavy (non-hydrogen) atoms. The van der Waals surface area contributed by atoms with Gasteiger partial charge in [-0.25, -0.2) is 0 Å². The SMILES string of the molecule is CCOc1ccc(-c2cc3ccccn3c2C(=O)C(=O)Nc2cc(C)ccc2OC)cc1. The number of hydrogen-bond donors (Lipinski definition) is 1. The monoisotopic (exact) mass is 428 g/mol. The summed E-state index contributed by atoms with van der Waals surface area (Å²) >= 11 is 0. The van der Waals surface area contributed by atoms with Gasteiger partial charge in [-0.05, 0) is 67.4 Å². The van der Waals surface area contributed by atoms with Crippen LogP contribution in [0.3, 0.4) is 0 Å². The van der Waals surface area contributed by atoms with Crippen LogP contribution < -0.4 is 14.8 Å². The van der Waals surface area contributed by atoms with Crippen molar-refractivity contribution in [3.8, 4) is 22.6 Å². The molecule has 0 aliphatic carbocycles. The number of nitrogens with zero attached hydrogens (tertiary/aromatic N) is 1. The molecule has 0 saturated carbocycles. The highest BCUT2D eigenvalue weighted by Crippen LogP contribution is 2.31. The molecule has 0 saturated heterocycles. The van der Waals surface area contributed by atoms with Crippen LogP contribution in [0.1, 0.15) is 23.0 Å². The number of fused-ring (bicyclic) bond motifs is 1. The molecule has 0 unspecified atom stereocenters. The predicted molar refractivity (Wildman–Crippen MR) is 125 cm³/mol. The number of Topliss-reactive ketones (excluding diaryl/α,β-unsaturated/α-hetero) is 1. The average molecular weight is 428 g/mol. The Morgan fingerprint density at radius 3 is 2.50 bits per heavy atom. The van der Waals surface area contributed by atoms with Gasteiger partial charge in [-0.1, -0.05) is 24.3 Å². The molecular weight excluding hydrogens is 404 g/mol. The molecule has 0 fully saturated rings. The average Bonchev–Trinajstić information content (AvgIpc) is 3.19. The first-order valence-electron chi connectivity index (χ1n) is 10.4. The fraction of sp³-hybridized carbons (Fsp3) is 0.154. The molecule has 0 atom stereocenters. The third-order valence-electron chi connectivity index (χ3n) is 5.18. The van der Waals surface area contributed by atoms with Gasteiger partial charge in [0, 0.05) is 17.3 Å². The van der Waals surface area contributed by atoms with E-state index < -0.39 is 11.7 Å². The summed E-state index contributed by atoms with van der Waals surface area (Å²) in [5.41, 5.74) is 4.01. The first-order chi connectivity index (χ1) is 15.5. The largest absolute Gasteiger partial charge is 0.495 e. The number of carbonyl (C=O) groups excluding carboxylic acids is 2. The maximum atomic E-state index is 13.4. The Labute approximate surface area is 186 Å². The predicted octanol–water partition coefficient (Wildman–Crippen LogP) is 5.14. The zero-order valence-corrected chi connectivity index (χ0v) is 18.2. The van der Waals surface area contributed by atoms with Crippen molar-refractivity contribution in [3.05, 3.63) is 84.2 Å². The Morgan fingerprint density at radius 2 is 1.78 bits per heavy atom. The minimum absolute atomic E-state index is 0.300. The van der Waals surface area contributed by atoms with Crippen molar-refractivity contribution in [2.24, 2.45) is 0 Å². The van der Waals surface area contributed by atoms with Crippen molar-refractivity contribution in [1.29, 1.82) is 0 Å². The number of ether oxygens (including phenoxy) is 2. The van der Waals surface area contributed by atoms with Crippen LogP contribution in [-0.2, 0) is 4.79 Å². The van der Waals surface area contributed by atoms with E-state index in [0.29, 0.717) is 29.3 Å². The number of amides is 1. The number of pyridine rings is 1. The van der Waals surface area contributed by atoms with E-state index >= 15 is 0 Å². The summed E-state index contributed by atoms with van der Waals surface area (Å²) in [7, 11) is 1.52. The lowest BCUT2D eigenvalue weighted by atomic mass is 10.0. The number of rotatable bonds is 7. The molecule has 2 heterocycles. The third-order valence-corrected chi connectivity index (χ3v) is 5.18. The zero-order chi connectivity index (χ0) is 22.7. The number of nitrogens with one attached hydrogen (secondary N) is 1. The van der Waals surface area contributed by atoms with Crippen LogP contribution in [0.5, 0.6) is 11.5 Å². The molecule has 4 rings (SSSR count). The van der Waals surface area contributed by atoms with Crippen molar-refractivity contribution in [1.82, 2.24) is 4.40 Å². The molecule has 6 heteroatoms. The Morgan fingerprint density at radius 1 is 1.00 bits per heavy atom. The second kappa shape index (κ2) is 8.98. The molecule has 2 aromatic carbocycles. The van der Waals surface area contributed by atoms with Gasteiger partial charge in [0.1, 0.15) is 17.2 Å². The van der Waals surface area contributed by atoms with Crippen LogP contribution in [-0.4, -0.2) is 29.8 Å². The van der Waals surface area contributed by atoms with Crippen LogP contribution in [0.2, 0.25) is 0 Å². The van der Waals surface area contributed by atoms with Gasteiger partial charge in [0.2, 0.25) is 0 Å². The van der Waals surface area contributed by atoms with E-state index in [1.54, 1.807) is 22.7 Å². The van der Waals surface area contributed by atoms with Crippen molar-refractivity contribution in [3.63, 3.8) is 0 Å². The number of carbonyl (C=O) groups is 2. The normalized spacial score (nSPS) is 10.7. The molecule has 2 aromatic heterocycles. The van der Waals surface area contributed by atoms with E-state index in [4.69, 9.17) is 9.47 Å². The molecule has 6 nitrogen and oxygen atoms in total. The molecular formula is C26H24N2O4. The summed E-state index contributed by atoms with van der Waals surface area (Å²) in [5, 5.41) is 2.71. The summed E-state index contributed by atoms with van der Waals surface area (Å²) in [6, 6.07) is 20.4. The topological polar surface area (TPSA) is 69.0 Å². The van der Waals surface area contributed by atoms with E-state index in [1.807, 2.05) is 68.4 Å². The molecule has 0 radical (unpaired) electrons. The highest BCUT2D eigenvalue weighted by atomic mass is 16.5. The van der Waals surface area contributed by atoms with Gasteiger partial charge < -0.3 is 19.2 Å². The number of aromatic nitrogens is 1. The van der Waals surface area contributed by atoms with E-state index in [-0.39, 0.29) is 0 Å². The van der Waals surface area contributed by atoms with Crippen molar-refractivity contribution >= 4 is 22.9 Å². The van der Waals surface area contributed by atoms with E-state index in [9.17, 15) is 9.59 Å².